The van der Waals surface area contributed by atoms with E-state index in [4.69, 9.17) is 4.74 Å². The van der Waals surface area contributed by atoms with Crippen molar-refractivity contribution in [3.8, 4) is 11.5 Å². The SMILES string of the molecule is CN(C)C[C@@H]1O[C@H](c2ccccc2)Cc2c1ccc(O)c2O. The van der Waals surface area contributed by atoms with Gasteiger partial charge in [0.2, 0.25) is 0 Å². The molecular formula is C18H21NO3. The summed E-state index contributed by atoms with van der Waals surface area (Å²) in [7, 11) is 3.99. The molecule has 0 amide bonds. The number of likely N-dealkylation sites (N-methyl/N-ethyl adjacent to an activating group) is 1. The maximum atomic E-state index is 10.2. The quantitative estimate of drug-likeness (QED) is 0.856. The van der Waals surface area contributed by atoms with Gasteiger partial charge in [0, 0.05) is 18.5 Å². The number of rotatable bonds is 3. The molecule has 2 aromatic rings. The fourth-order valence-electron chi connectivity index (χ4n) is 3.00. The van der Waals surface area contributed by atoms with Crippen LogP contribution in [0.2, 0.25) is 0 Å². The molecule has 0 bridgehead atoms. The zero-order chi connectivity index (χ0) is 15.7. The number of hydrogen-bond donors (Lipinski definition) is 2. The lowest BCUT2D eigenvalue weighted by Crippen LogP contribution is -2.28. The molecule has 3 rings (SSSR count). The van der Waals surface area contributed by atoms with Gasteiger partial charge in [0.15, 0.2) is 11.5 Å². The Morgan fingerprint density at radius 1 is 1.09 bits per heavy atom. The predicted octanol–water partition coefficient (Wildman–Crippen LogP) is 3.01. The summed E-state index contributed by atoms with van der Waals surface area (Å²) in [5.41, 5.74) is 2.82. The van der Waals surface area contributed by atoms with E-state index in [0.717, 1.165) is 23.2 Å². The van der Waals surface area contributed by atoms with Gasteiger partial charge in [0.05, 0.1) is 12.2 Å². The number of benzene rings is 2. The second kappa shape index (κ2) is 5.99. The van der Waals surface area contributed by atoms with Crippen LogP contribution >= 0.6 is 0 Å². The average molecular weight is 299 g/mol. The minimum atomic E-state index is -0.129. The molecule has 0 saturated heterocycles. The first-order chi connectivity index (χ1) is 10.6. The van der Waals surface area contributed by atoms with E-state index in [-0.39, 0.29) is 23.7 Å². The second-order valence-corrected chi connectivity index (χ2v) is 5.99. The van der Waals surface area contributed by atoms with Crippen molar-refractivity contribution in [2.45, 2.75) is 18.6 Å². The number of nitrogens with zero attached hydrogens (tertiary/aromatic N) is 1. The first kappa shape index (κ1) is 14.9. The molecule has 0 radical (unpaired) electrons. The number of phenolic OH excluding ortho intramolecular Hbond substituents is 2. The van der Waals surface area contributed by atoms with E-state index >= 15 is 0 Å². The summed E-state index contributed by atoms with van der Waals surface area (Å²) >= 11 is 0. The van der Waals surface area contributed by atoms with Gasteiger partial charge in [-0.15, -0.1) is 0 Å². The van der Waals surface area contributed by atoms with Crippen molar-refractivity contribution in [1.82, 2.24) is 4.90 Å². The minimum absolute atomic E-state index is 0.0227. The van der Waals surface area contributed by atoms with Crippen molar-refractivity contribution in [3.63, 3.8) is 0 Å². The molecule has 116 valence electrons. The standard InChI is InChI=1S/C18H21NO3/c1-19(2)11-17-13-8-9-15(20)18(21)14(13)10-16(22-17)12-6-4-3-5-7-12/h3-9,16-17,20-21H,10-11H2,1-2H3/t16-,17-/m0/s1. The van der Waals surface area contributed by atoms with Crippen LogP contribution in [0.5, 0.6) is 11.5 Å². The van der Waals surface area contributed by atoms with Crippen LogP contribution in [0.25, 0.3) is 0 Å². The molecule has 0 fully saturated rings. The van der Waals surface area contributed by atoms with Gasteiger partial charge >= 0.3 is 0 Å². The molecular weight excluding hydrogens is 278 g/mol. The van der Waals surface area contributed by atoms with E-state index in [1.165, 1.54) is 6.07 Å². The van der Waals surface area contributed by atoms with Gasteiger partial charge in [-0.25, -0.2) is 0 Å². The molecule has 4 nitrogen and oxygen atoms in total. The highest BCUT2D eigenvalue weighted by Gasteiger charge is 2.31. The summed E-state index contributed by atoms with van der Waals surface area (Å²) in [6, 6.07) is 13.4. The van der Waals surface area contributed by atoms with E-state index in [9.17, 15) is 10.2 Å². The van der Waals surface area contributed by atoms with E-state index in [1.807, 2.05) is 50.5 Å². The van der Waals surface area contributed by atoms with Crippen LogP contribution in [0.15, 0.2) is 42.5 Å². The maximum absolute atomic E-state index is 10.2. The summed E-state index contributed by atoms with van der Waals surface area (Å²) in [4.78, 5) is 2.06. The van der Waals surface area contributed by atoms with Gasteiger partial charge in [0.25, 0.3) is 0 Å². The predicted molar refractivity (Wildman–Crippen MR) is 85.0 cm³/mol. The summed E-state index contributed by atoms with van der Waals surface area (Å²) in [6.07, 6.45) is 0.311. The monoisotopic (exact) mass is 299 g/mol. The van der Waals surface area contributed by atoms with Crippen LogP contribution in [-0.2, 0) is 11.2 Å². The average Bonchev–Trinajstić information content (AvgIpc) is 2.51. The Morgan fingerprint density at radius 3 is 2.50 bits per heavy atom. The number of hydrogen-bond acceptors (Lipinski definition) is 4. The number of ether oxygens (including phenoxy) is 1. The summed E-state index contributed by atoms with van der Waals surface area (Å²) in [6.45, 7) is 0.723. The van der Waals surface area contributed by atoms with Gasteiger partial charge < -0.3 is 19.8 Å². The van der Waals surface area contributed by atoms with Crippen molar-refractivity contribution in [3.05, 3.63) is 59.2 Å². The summed E-state index contributed by atoms with van der Waals surface area (Å²) in [5.74, 6) is -0.0958. The number of fused-ring (bicyclic) bond motifs is 1. The van der Waals surface area contributed by atoms with E-state index in [0.29, 0.717) is 6.42 Å². The normalized spacial score (nSPS) is 20.9. The third kappa shape index (κ3) is 2.80. The van der Waals surface area contributed by atoms with Crippen molar-refractivity contribution in [1.29, 1.82) is 0 Å². The maximum Gasteiger partial charge on any atom is 0.161 e. The molecule has 2 aromatic carbocycles. The Balaban J connectivity index is 2.01. The first-order valence-electron chi connectivity index (χ1n) is 7.45. The van der Waals surface area contributed by atoms with Gasteiger partial charge in [-0.3, -0.25) is 0 Å². The van der Waals surface area contributed by atoms with Crippen LogP contribution in [0, 0.1) is 0 Å². The lowest BCUT2D eigenvalue weighted by molar-refractivity contribution is -0.0387. The first-order valence-corrected chi connectivity index (χ1v) is 7.45. The van der Waals surface area contributed by atoms with Crippen molar-refractivity contribution in [2.75, 3.05) is 20.6 Å². The number of phenols is 2. The van der Waals surface area contributed by atoms with Gasteiger partial charge in [-0.1, -0.05) is 36.4 Å². The van der Waals surface area contributed by atoms with Crippen LogP contribution in [0.4, 0.5) is 0 Å². The van der Waals surface area contributed by atoms with Gasteiger partial charge in [-0.2, -0.15) is 0 Å². The summed E-state index contributed by atoms with van der Waals surface area (Å²) in [5, 5.41) is 20.0. The topological polar surface area (TPSA) is 52.9 Å². The molecule has 0 aliphatic carbocycles. The second-order valence-electron chi connectivity index (χ2n) is 5.99. The molecule has 0 unspecified atom stereocenters. The Bertz CT molecular complexity index is 655. The Hall–Kier alpha value is -2.04. The van der Waals surface area contributed by atoms with Crippen molar-refractivity contribution < 1.29 is 14.9 Å². The van der Waals surface area contributed by atoms with E-state index in [1.54, 1.807) is 0 Å². The third-order valence-electron chi connectivity index (χ3n) is 4.06. The largest absolute Gasteiger partial charge is 0.504 e. The van der Waals surface area contributed by atoms with Crippen LogP contribution < -0.4 is 0 Å². The third-order valence-corrected chi connectivity index (χ3v) is 4.06. The molecule has 1 heterocycles. The Labute approximate surface area is 130 Å². The Kier molecular flexibility index (Phi) is 4.05. The highest BCUT2D eigenvalue weighted by molar-refractivity contribution is 5.51. The molecule has 1 aliphatic heterocycles. The van der Waals surface area contributed by atoms with Crippen LogP contribution in [-0.4, -0.2) is 35.8 Å². The van der Waals surface area contributed by atoms with Crippen molar-refractivity contribution >= 4 is 0 Å². The van der Waals surface area contributed by atoms with Crippen molar-refractivity contribution in [2.24, 2.45) is 0 Å². The lowest BCUT2D eigenvalue weighted by atomic mass is 9.90. The molecule has 2 atom stereocenters. The highest BCUT2D eigenvalue weighted by atomic mass is 16.5. The zero-order valence-corrected chi connectivity index (χ0v) is 12.9. The van der Waals surface area contributed by atoms with Crippen LogP contribution in [0.3, 0.4) is 0 Å². The van der Waals surface area contributed by atoms with Crippen LogP contribution in [0.1, 0.15) is 28.9 Å². The fraction of sp³-hybridized carbons (Fsp3) is 0.333. The van der Waals surface area contributed by atoms with E-state index in [2.05, 4.69) is 4.90 Å². The molecule has 0 aromatic heterocycles. The number of aromatic hydroxyl groups is 2. The molecule has 22 heavy (non-hydrogen) atoms. The molecule has 2 N–H and O–H groups in total. The van der Waals surface area contributed by atoms with Gasteiger partial charge in [-0.05, 0) is 31.3 Å². The van der Waals surface area contributed by atoms with Gasteiger partial charge in [0.1, 0.15) is 0 Å². The smallest absolute Gasteiger partial charge is 0.161 e. The minimum Gasteiger partial charge on any atom is -0.504 e. The molecule has 0 saturated carbocycles. The lowest BCUT2D eigenvalue weighted by Gasteiger charge is -2.34. The molecule has 1 aliphatic rings. The molecule has 0 spiro atoms. The summed E-state index contributed by atoms with van der Waals surface area (Å²) < 4.78 is 6.27. The molecule has 4 heteroatoms. The Morgan fingerprint density at radius 2 is 1.82 bits per heavy atom. The fourth-order valence-corrected chi connectivity index (χ4v) is 3.00. The highest BCUT2D eigenvalue weighted by Crippen LogP contribution is 2.44. The van der Waals surface area contributed by atoms with E-state index < -0.39 is 0 Å². The zero-order valence-electron chi connectivity index (χ0n) is 12.9.